The smallest absolute Gasteiger partial charge is 0.315 e. The van der Waals surface area contributed by atoms with Gasteiger partial charge in [-0.15, -0.1) is 0 Å². The predicted octanol–water partition coefficient (Wildman–Crippen LogP) is 2.61. The molecule has 0 aromatic carbocycles. The quantitative estimate of drug-likeness (QED) is 0.455. The first kappa shape index (κ1) is 15.9. The molecule has 0 aromatic heterocycles. The van der Waals surface area contributed by atoms with Crippen molar-refractivity contribution in [1.29, 1.82) is 0 Å². The maximum Gasteiger partial charge on any atom is 0.315 e. The summed E-state index contributed by atoms with van der Waals surface area (Å²) in [6.45, 7) is 8.70. The number of hydrogen-bond acceptors (Lipinski definition) is 3. The van der Waals surface area contributed by atoms with E-state index < -0.39 is 0 Å². The Kier molecular flexibility index (Phi) is 3.26. The third-order valence-corrected chi connectivity index (χ3v) is 7.64. The summed E-state index contributed by atoms with van der Waals surface area (Å²) >= 11 is 0. The van der Waals surface area contributed by atoms with Crippen LogP contribution in [0.25, 0.3) is 0 Å². The molecular weight excluding hydrogens is 290 g/mol. The lowest BCUT2D eigenvalue weighted by molar-refractivity contribution is -0.891. The van der Waals surface area contributed by atoms with Gasteiger partial charge in [0.2, 0.25) is 0 Å². The molecule has 3 unspecified atom stereocenters. The van der Waals surface area contributed by atoms with Crippen molar-refractivity contribution in [3.63, 3.8) is 0 Å². The molecule has 130 valence electrons. The second kappa shape index (κ2) is 4.72. The van der Waals surface area contributed by atoms with Crippen LogP contribution in [0.1, 0.15) is 46.5 Å². The van der Waals surface area contributed by atoms with Gasteiger partial charge >= 0.3 is 5.97 Å². The fraction of sp³-hybridized carbons (Fsp3) is 0.947. The summed E-state index contributed by atoms with van der Waals surface area (Å²) in [5.41, 5.74) is -0.351. The minimum atomic E-state index is -0.319. The van der Waals surface area contributed by atoms with Crippen molar-refractivity contribution in [3.8, 4) is 0 Å². The average molecular weight is 322 g/mol. The zero-order valence-corrected chi connectivity index (χ0v) is 15.3. The molecule has 0 N–H and O–H groups in total. The van der Waals surface area contributed by atoms with Crippen LogP contribution in [0.2, 0.25) is 0 Å². The first-order chi connectivity index (χ1) is 10.7. The molecule has 2 saturated carbocycles. The Morgan fingerprint density at radius 1 is 1.22 bits per heavy atom. The van der Waals surface area contributed by atoms with Gasteiger partial charge in [0.25, 0.3) is 0 Å². The number of hydrogen-bond donors (Lipinski definition) is 0. The Balaban J connectivity index is 1.70. The number of carbonyl (C=O) groups excluding carboxylic acids is 1. The number of carbonyl (C=O) groups is 1. The van der Waals surface area contributed by atoms with Gasteiger partial charge < -0.3 is 14.0 Å². The zero-order valence-electron chi connectivity index (χ0n) is 15.3. The molecule has 23 heavy (non-hydrogen) atoms. The number of esters is 1. The van der Waals surface area contributed by atoms with E-state index in [1.54, 1.807) is 0 Å². The van der Waals surface area contributed by atoms with Crippen LogP contribution in [0.3, 0.4) is 0 Å². The SMILES string of the molecule is CC[N+](C)(C)CC1C(=O)O[C@@]23C1CC[C@H](C)C2CC[C@@]1(C)O[C@@H]31. The first-order valence-corrected chi connectivity index (χ1v) is 9.46. The predicted molar refractivity (Wildman–Crippen MR) is 87.7 cm³/mol. The van der Waals surface area contributed by atoms with Gasteiger partial charge in [-0.1, -0.05) is 6.92 Å². The maximum absolute atomic E-state index is 12.9. The zero-order chi connectivity index (χ0) is 16.6. The van der Waals surface area contributed by atoms with Crippen LogP contribution in [-0.4, -0.2) is 54.9 Å². The van der Waals surface area contributed by atoms with E-state index >= 15 is 0 Å². The van der Waals surface area contributed by atoms with Crippen LogP contribution in [0, 0.1) is 23.7 Å². The largest absolute Gasteiger partial charge is 0.455 e. The van der Waals surface area contributed by atoms with Gasteiger partial charge in [-0.25, -0.2) is 0 Å². The van der Waals surface area contributed by atoms with E-state index in [0.29, 0.717) is 17.8 Å². The summed E-state index contributed by atoms with van der Waals surface area (Å²) < 4.78 is 13.3. The van der Waals surface area contributed by atoms with E-state index in [4.69, 9.17) is 9.47 Å². The van der Waals surface area contributed by atoms with Crippen LogP contribution in [0.15, 0.2) is 0 Å². The summed E-state index contributed by atoms with van der Waals surface area (Å²) in [4.78, 5) is 12.9. The highest BCUT2D eigenvalue weighted by Gasteiger charge is 2.77. The second-order valence-corrected chi connectivity index (χ2v) is 9.43. The highest BCUT2D eigenvalue weighted by molar-refractivity contribution is 5.77. The van der Waals surface area contributed by atoms with Gasteiger partial charge in [0.05, 0.1) is 32.8 Å². The van der Waals surface area contributed by atoms with Crippen LogP contribution in [0.5, 0.6) is 0 Å². The number of epoxide rings is 1. The monoisotopic (exact) mass is 322 g/mol. The number of rotatable bonds is 3. The number of ether oxygens (including phenoxy) is 2. The van der Waals surface area contributed by atoms with Gasteiger partial charge in [-0.2, -0.15) is 0 Å². The van der Waals surface area contributed by atoms with Crippen molar-refractivity contribution in [3.05, 3.63) is 0 Å². The number of quaternary nitrogens is 1. The highest BCUT2D eigenvalue weighted by Crippen LogP contribution is 2.66. The summed E-state index contributed by atoms with van der Waals surface area (Å²) in [5.74, 6) is 1.58. The second-order valence-electron chi connectivity index (χ2n) is 9.43. The van der Waals surface area contributed by atoms with Gasteiger partial charge in [0.1, 0.15) is 17.6 Å². The van der Waals surface area contributed by atoms with E-state index in [9.17, 15) is 4.79 Å². The van der Waals surface area contributed by atoms with Crippen molar-refractivity contribution in [1.82, 2.24) is 0 Å². The fourth-order valence-corrected chi connectivity index (χ4v) is 5.92. The third kappa shape index (κ3) is 2.07. The first-order valence-electron chi connectivity index (χ1n) is 9.46. The number of nitrogens with zero attached hydrogens (tertiary/aromatic N) is 1. The van der Waals surface area contributed by atoms with E-state index in [0.717, 1.165) is 36.8 Å². The third-order valence-electron chi connectivity index (χ3n) is 7.64. The van der Waals surface area contributed by atoms with Crippen LogP contribution >= 0.6 is 0 Å². The Morgan fingerprint density at radius 3 is 2.65 bits per heavy atom. The van der Waals surface area contributed by atoms with Gasteiger partial charge in [0, 0.05) is 11.8 Å². The fourth-order valence-electron chi connectivity index (χ4n) is 5.92. The standard InChI is InChI=1S/C19H32NO3/c1-6-20(4,5)11-13-15-8-7-12(2)14-9-10-18(3)17(23-18)19(14,15)22-16(13)21/h12-15,17H,6-11H2,1-5H3/q+1/t12-,13?,14?,15?,17+,18+,19+/m0/s1. The molecule has 2 heterocycles. The molecule has 0 radical (unpaired) electrons. The van der Waals surface area contributed by atoms with E-state index in [-0.39, 0.29) is 29.2 Å². The van der Waals surface area contributed by atoms with E-state index in [1.165, 1.54) is 6.42 Å². The van der Waals surface area contributed by atoms with Crippen molar-refractivity contribution >= 4 is 5.97 Å². The molecular formula is C19H32NO3+. The lowest BCUT2D eigenvalue weighted by Crippen LogP contribution is -2.59. The molecule has 4 heteroatoms. The molecule has 2 aliphatic heterocycles. The molecule has 4 fully saturated rings. The molecule has 2 aliphatic carbocycles. The Labute approximate surface area is 140 Å². The average Bonchev–Trinajstić information content (AvgIpc) is 3.11. The van der Waals surface area contributed by atoms with Crippen LogP contribution in [0.4, 0.5) is 0 Å². The van der Waals surface area contributed by atoms with Crippen molar-refractivity contribution in [2.45, 2.75) is 63.8 Å². The Bertz CT molecular complexity index is 533. The van der Waals surface area contributed by atoms with Crippen molar-refractivity contribution in [2.24, 2.45) is 23.7 Å². The summed E-state index contributed by atoms with van der Waals surface area (Å²) in [6.07, 6.45) is 4.77. The van der Waals surface area contributed by atoms with Gasteiger partial charge in [-0.3, -0.25) is 4.79 Å². The Morgan fingerprint density at radius 2 is 1.96 bits per heavy atom. The summed E-state index contributed by atoms with van der Waals surface area (Å²) in [7, 11) is 4.44. The van der Waals surface area contributed by atoms with Crippen LogP contribution in [-0.2, 0) is 14.3 Å². The minimum Gasteiger partial charge on any atom is -0.455 e. The summed E-state index contributed by atoms with van der Waals surface area (Å²) in [6, 6.07) is 0. The molecule has 0 aromatic rings. The van der Waals surface area contributed by atoms with E-state index in [1.807, 2.05) is 0 Å². The molecule has 4 aliphatic rings. The van der Waals surface area contributed by atoms with Crippen molar-refractivity contribution < 1.29 is 18.8 Å². The highest BCUT2D eigenvalue weighted by atomic mass is 16.7. The lowest BCUT2D eigenvalue weighted by atomic mass is 9.55. The normalized spacial score (nSPS) is 51.5. The van der Waals surface area contributed by atoms with Gasteiger partial charge in [-0.05, 0) is 45.4 Å². The van der Waals surface area contributed by atoms with Crippen LogP contribution < -0.4 is 0 Å². The summed E-state index contributed by atoms with van der Waals surface area (Å²) in [5, 5.41) is 0. The maximum atomic E-state index is 12.9. The molecule has 0 bridgehead atoms. The van der Waals surface area contributed by atoms with Gasteiger partial charge in [0.15, 0.2) is 0 Å². The lowest BCUT2D eigenvalue weighted by Gasteiger charge is -2.50. The number of fused-ring (bicyclic) bond motifs is 1. The Hall–Kier alpha value is -0.610. The van der Waals surface area contributed by atoms with Crippen molar-refractivity contribution in [2.75, 3.05) is 27.2 Å². The molecule has 1 spiro atoms. The molecule has 4 rings (SSSR count). The molecule has 0 amide bonds. The topological polar surface area (TPSA) is 38.8 Å². The molecule has 2 saturated heterocycles. The molecule has 7 atom stereocenters. The molecule has 4 nitrogen and oxygen atoms in total. The minimum absolute atomic E-state index is 0.0316. The van der Waals surface area contributed by atoms with E-state index in [2.05, 4.69) is 34.9 Å².